The number of benzene rings is 1. The van der Waals surface area contributed by atoms with Crippen LogP contribution in [0.15, 0.2) is 35.9 Å². The van der Waals surface area contributed by atoms with Gasteiger partial charge < -0.3 is 5.32 Å². The molecule has 3 heteroatoms. The van der Waals surface area contributed by atoms with Crippen molar-refractivity contribution in [2.45, 2.75) is 0 Å². The zero-order valence-corrected chi connectivity index (χ0v) is 7.24. The van der Waals surface area contributed by atoms with Gasteiger partial charge in [-0.1, -0.05) is 30.3 Å². The van der Waals surface area contributed by atoms with E-state index >= 15 is 0 Å². The highest BCUT2D eigenvalue weighted by Crippen LogP contribution is 2.24. The van der Waals surface area contributed by atoms with Gasteiger partial charge in [0.15, 0.2) is 0 Å². The van der Waals surface area contributed by atoms with Crippen LogP contribution < -0.4 is 5.32 Å². The molecule has 1 aliphatic heterocycles. The van der Waals surface area contributed by atoms with Crippen LogP contribution in [0.3, 0.4) is 0 Å². The topological polar surface area (TPSA) is 52.9 Å². The Kier molecular flexibility index (Phi) is 2.04. The quantitative estimate of drug-likeness (QED) is 0.707. The fourth-order valence-electron chi connectivity index (χ4n) is 1.29. The monoisotopic (exact) mass is 182 g/mol. The second kappa shape index (κ2) is 3.35. The van der Waals surface area contributed by atoms with Gasteiger partial charge in [-0.2, -0.15) is 5.26 Å². The van der Waals surface area contributed by atoms with E-state index in [4.69, 9.17) is 5.26 Å². The summed E-state index contributed by atoms with van der Waals surface area (Å²) in [6.45, 7) is 2.68. The first kappa shape index (κ1) is 8.52. The standard InChI is InChI=1S/C11H6N2O/c12-6-9-10(7-13-11(9)14)8-4-2-1-3-5-8/h1-5H,(H,13,14). The van der Waals surface area contributed by atoms with E-state index in [2.05, 4.69) is 11.9 Å². The Morgan fingerprint density at radius 1 is 1.29 bits per heavy atom. The van der Waals surface area contributed by atoms with Crippen molar-refractivity contribution in [2.24, 2.45) is 0 Å². The lowest BCUT2D eigenvalue weighted by atomic mass is 10.0. The molecule has 1 aromatic rings. The van der Waals surface area contributed by atoms with Crippen LogP contribution in [0.1, 0.15) is 5.56 Å². The van der Waals surface area contributed by atoms with Gasteiger partial charge >= 0.3 is 0 Å². The first-order valence-electron chi connectivity index (χ1n) is 4.09. The Hall–Kier alpha value is -2.08. The Bertz CT molecular complexity index is 440. The molecule has 0 aromatic heterocycles. The van der Waals surface area contributed by atoms with Gasteiger partial charge in [-0.3, -0.25) is 4.79 Å². The Labute approximate surface area is 81.7 Å². The summed E-state index contributed by atoms with van der Waals surface area (Å²) >= 11 is 0. The van der Waals surface area contributed by atoms with Crippen molar-refractivity contribution in [2.75, 3.05) is 0 Å². The van der Waals surface area contributed by atoms with Crippen LogP contribution in [0.4, 0.5) is 0 Å². The van der Waals surface area contributed by atoms with Crippen molar-refractivity contribution in [3.8, 4) is 6.07 Å². The molecule has 0 bridgehead atoms. The summed E-state index contributed by atoms with van der Waals surface area (Å²) in [5.74, 6) is -0.383. The average molecular weight is 182 g/mol. The molecule has 0 saturated carbocycles. The van der Waals surface area contributed by atoms with Crippen molar-refractivity contribution in [1.82, 2.24) is 5.32 Å². The van der Waals surface area contributed by atoms with Gasteiger partial charge in [0, 0.05) is 5.57 Å². The molecular weight excluding hydrogens is 176 g/mol. The maximum atomic E-state index is 11.1. The van der Waals surface area contributed by atoms with E-state index in [9.17, 15) is 4.79 Å². The SMILES string of the molecule is N#CC1=C(c2ccccc2)[C]NC1=O. The molecule has 2 radical (unpaired) electrons. The molecule has 0 aliphatic carbocycles. The van der Waals surface area contributed by atoms with Gasteiger partial charge in [0.25, 0.3) is 5.91 Å². The zero-order valence-electron chi connectivity index (χ0n) is 7.24. The Balaban J connectivity index is 2.50. The van der Waals surface area contributed by atoms with Crippen molar-refractivity contribution in [1.29, 1.82) is 5.26 Å². The van der Waals surface area contributed by atoms with Crippen LogP contribution in [0.25, 0.3) is 5.57 Å². The maximum Gasteiger partial charge on any atom is 0.263 e. The largest absolute Gasteiger partial charge is 0.336 e. The predicted molar refractivity (Wildman–Crippen MR) is 50.4 cm³/mol. The average Bonchev–Trinajstić information content (AvgIpc) is 2.61. The smallest absolute Gasteiger partial charge is 0.263 e. The molecule has 1 N–H and O–H groups in total. The molecular formula is C11H6N2O. The normalized spacial score (nSPS) is 15.2. The number of carbonyl (C=O) groups is 1. The highest BCUT2D eigenvalue weighted by molar-refractivity contribution is 6.11. The number of amides is 1. The van der Waals surface area contributed by atoms with Crippen LogP contribution in [0.2, 0.25) is 0 Å². The number of carbonyl (C=O) groups excluding carboxylic acids is 1. The summed E-state index contributed by atoms with van der Waals surface area (Å²) in [5.41, 5.74) is 1.48. The van der Waals surface area contributed by atoms with Crippen LogP contribution in [0, 0.1) is 17.9 Å². The van der Waals surface area contributed by atoms with Gasteiger partial charge in [-0.05, 0) is 5.56 Å². The van der Waals surface area contributed by atoms with Gasteiger partial charge in [-0.15, -0.1) is 0 Å². The fourth-order valence-corrected chi connectivity index (χ4v) is 1.29. The summed E-state index contributed by atoms with van der Waals surface area (Å²) in [7, 11) is 0. The summed E-state index contributed by atoms with van der Waals surface area (Å²) < 4.78 is 0. The molecule has 0 unspecified atom stereocenters. The maximum absolute atomic E-state index is 11.1. The number of hydrogen-bond donors (Lipinski definition) is 1. The van der Waals surface area contributed by atoms with Gasteiger partial charge in [0.05, 0.1) is 0 Å². The summed E-state index contributed by atoms with van der Waals surface area (Å²) in [6, 6.07) is 11.1. The number of nitrogens with zero attached hydrogens (tertiary/aromatic N) is 1. The van der Waals surface area contributed by atoms with E-state index in [1.165, 1.54) is 0 Å². The minimum atomic E-state index is -0.383. The van der Waals surface area contributed by atoms with Gasteiger partial charge in [0.1, 0.15) is 18.2 Å². The first-order valence-corrected chi connectivity index (χ1v) is 4.09. The van der Waals surface area contributed by atoms with Crippen LogP contribution >= 0.6 is 0 Å². The van der Waals surface area contributed by atoms with E-state index < -0.39 is 0 Å². The van der Waals surface area contributed by atoms with Gasteiger partial charge in [-0.25, -0.2) is 0 Å². The van der Waals surface area contributed by atoms with E-state index in [1.807, 2.05) is 36.4 Å². The predicted octanol–water partition coefficient (Wildman–Crippen LogP) is 1.13. The summed E-state index contributed by atoms with van der Waals surface area (Å²) in [6.07, 6.45) is 0. The summed E-state index contributed by atoms with van der Waals surface area (Å²) in [5, 5.41) is 11.1. The number of nitrogens with one attached hydrogen (secondary N) is 1. The number of hydrogen-bond acceptors (Lipinski definition) is 2. The second-order valence-electron chi connectivity index (χ2n) is 2.81. The molecule has 1 aliphatic rings. The fraction of sp³-hybridized carbons (Fsp3) is 0. The third-order valence-corrected chi connectivity index (χ3v) is 1.95. The van der Waals surface area contributed by atoms with Crippen LogP contribution in [0.5, 0.6) is 0 Å². The van der Waals surface area contributed by atoms with E-state index in [1.54, 1.807) is 0 Å². The molecule has 3 nitrogen and oxygen atoms in total. The first-order chi connectivity index (χ1) is 6.83. The van der Waals surface area contributed by atoms with Crippen LogP contribution in [-0.4, -0.2) is 5.91 Å². The van der Waals surface area contributed by atoms with Crippen LogP contribution in [-0.2, 0) is 4.79 Å². The van der Waals surface area contributed by atoms with Crippen molar-refractivity contribution >= 4 is 11.5 Å². The molecule has 0 fully saturated rings. The molecule has 14 heavy (non-hydrogen) atoms. The molecule has 2 rings (SSSR count). The van der Waals surface area contributed by atoms with E-state index in [-0.39, 0.29) is 11.5 Å². The van der Waals surface area contributed by atoms with E-state index in [0.29, 0.717) is 5.57 Å². The minimum Gasteiger partial charge on any atom is -0.336 e. The third-order valence-electron chi connectivity index (χ3n) is 1.95. The Morgan fingerprint density at radius 3 is 2.64 bits per heavy atom. The lowest BCUT2D eigenvalue weighted by molar-refractivity contribution is -0.115. The lowest BCUT2D eigenvalue weighted by Gasteiger charge is -1.98. The highest BCUT2D eigenvalue weighted by Gasteiger charge is 2.24. The Morgan fingerprint density at radius 2 is 2.00 bits per heavy atom. The number of rotatable bonds is 1. The minimum absolute atomic E-state index is 0.121. The molecule has 66 valence electrons. The zero-order chi connectivity index (χ0) is 9.97. The number of nitriles is 1. The van der Waals surface area contributed by atoms with Crippen molar-refractivity contribution < 1.29 is 4.79 Å². The molecule has 1 aromatic carbocycles. The molecule has 0 atom stereocenters. The highest BCUT2D eigenvalue weighted by atomic mass is 16.1. The molecule has 1 amide bonds. The summed E-state index contributed by atoms with van der Waals surface area (Å²) in [4.78, 5) is 11.1. The molecule has 0 spiro atoms. The molecule has 0 saturated heterocycles. The lowest BCUT2D eigenvalue weighted by Crippen LogP contribution is -2.13. The third kappa shape index (κ3) is 1.27. The van der Waals surface area contributed by atoms with Crippen molar-refractivity contribution in [3.05, 3.63) is 48.0 Å². The second-order valence-corrected chi connectivity index (χ2v) is 2.81. The van der Waals surface area contributed by atoms with Gasteiger partial charge in [0.2, 0.25) is 0 Å². The van der Waals surface area contributed by atoms with E-state index in [0.717, 1.165) is 5.56 Å². The van der Waals surface area contributed by atoms with Crippen molar-refractivity contribution in [3.63, 3.8) is 0 Å². The molecule has 1 heterocycles.